The van der Waals surface area contributed by atoms with Crippen molar-refractivity contribution >= 4 is 5.65 Å². The Morgan fingerprint density at radius 3 is 2.70 bits per heavy atom. The van der Waals surface area contributed by atoms with Crippen molar-refractivity contribution in [2.24, 2.45) is 0 Å². The van der Waals surface area contributed by atoms with Crippen LogP contribution in [0.5, 0.6) is 0 Å². The highest BCUT2D eigenvalue weighted by atomic mass is 19.1. The minimum absolute atomic E-state index is 0.241. The first-order chi connectivity index (χ1) is 13.1. The van der Waals surface area contributed by atoms with Gasteiger partial charge in [-0.2, -0.15) is 0 Å². The Kier molecular flexibility index (Phi) is 4.43. The summed E-state index contributed by atoms with van der Waals surface area (Å²) in [7, 11) is 1.43. The maximum Gasteiger partial charge on any atom is 0.198 e. The van der Waals surface area contributed by atoms with Crippen LogP contribution in [-0.4, -0.2) is 26.6 Å². The monoisotopic (exact) mass is 363 g/mol. The lowest BCUT2D eigenvalue weighted by atomic mass is 9.99. The van der Waals surface area contributed by atoms with Crippen LogP contribution in [0.2, 0.25) is 0 Å². The number of nitrogens with zero attached hydrogens (tertiary/aromatic N) is 3. The summed E-state index contributed by atoms with van der Waals surface area (Å²) in [5, 5.41) is 10.0. The highest BCUT2D eigenvalue weighted by Crippen LogP contribution is 2.31. The summed E-state index contributed by atoms with van der Waals surface area (Å²) < 4.78 is 20.5. The van der Waals surface area contributed by atoms with Gasteiger partial charge in [0.05, 0.1) is 17.6 Å². The maximum absolute atomic E-state index is 13.7. The van der Waals surface area contributed by atoms with Gasteiger partial charge in [-0.15, -0.1) is 0 Å². The summed E-state index contributed by atoms with van der Waals surface area (Å²) in [5.74, 6) is -0.241. The molecule has 0 unspecified atom stereocenters. The third-order valence-corrected chi connectivity index (χ3v) is 4.56. The van der Waals surface area contributed by atoms with Crippen LogP contribution in [0.25, 0.3) is 28.0 Å². The van der Waals surface area contributed by atoms with Gasteiger partial charge in [0, 0.05) is 36.2 Å². The molecule has 4 aromatic rings. The lowest BCUT2D eigenvalue weighted by Gasteiger charge is -2.12. The normalized spacial score (nSPS) is 12.4. The molecule has 27 heavy (non-hydrogen) atoms. The van der Waals surface area contributed by atoms with Gasteiger partial charge in [0.1, 0.15) is 11.5 Å². The van der Waals surface area contributed by atoms with Crippen LogP contribution < -0.4 is 0 Å². The van der Waals surface area contributed by atoms with Crippen LogP contribution in [0.15, 0.2) is 61.1 Å². The van der Waals surface area contributed by atoms with E-state index in [4.69, 9.17) is 4.74 Å². The number of rotatable bonds is 4. The molecule has 0 saturated carbocycles. The summed E-state index contributed by atoms with van der Waals surface area (Å²) in [6.07, 6.45) is 4.12. The molecule has 0 radical (unpaired) electrons. The van der Waals surface area contributed by atoms with Crippen LogP contribution in [0.4, 0.5) is 4.39 Å². The number of imidazole rings is 1. The topological polar surface area (TPSA) is 59.7 Å². The van der Waals surface area contributed by atoms with Gasteiger partial charge in [0.15, 0.2) is 6.29 Å². The molecule has 6 heteroatoms. The number of methoxy groups -OCH3 is 1. The number of hydrogen-bond acceptors (Lipinski definition) is 4. The van der Waals surface area contributed by atoms with Crippen LogP contribution >= 0.6 is 0 Å². The number of aromatic nitrogens is 3. The van der Waals surface area contributed by atoms with Crippen molar-refractivity contribution in [2.45, 2.75) is 13.2 Å². The minimum Gasteiger partial charge on any atom is -0.363 e. The second-order valence-electron chi connectivity index (χ2n) is 6.28. The van der Waals surface area contributed by atoms with Crippen LogP contribution in [0.3, 0.4) is 0 Å². The average molecular weight is 363 g/mol. The lowest BCUT2D eigenvalue weighted by molar-refractivity contribution is -0.0803. The molecule has 0 spiro atoms. The molecule has 1 N–H and O–H groups in total. The summed E-state index contributed by atoms with van der Waals surface area (Å²) >= 11 is 0. The average Bonchev–Trinajstić information content (AvgIpc) is 3.12. The fourth-order valence-electron chi connectivity index (χ4n) is 3.12. The number of pyridine rings is 2. The van der Waals surface area contributed by atoms with Crippen molar-refractivity contribution in [1.29, 1.82) is 0 Å². The van der Waals surface area contributed by atoms with Gasteiger partial charge < -0.3 is 9.84 Å². The number of aliphatic hydroxyl groups is 1. The Morgan fingerprint density at radius 2 is 1.93 bits per heavy atom. The third-order valence-electron chi connectivity index (χ3n) is 4.56. The Labute approximate surface area is 155 Å². The molecule has 1 aromatic carbocycles. The first kappa shape index (κ1) is 17.3. The van der Waals surface area contributed by atoms with Crippen LogP contribution in [-0.2, 0) is 4.74 Å². The summed E-state index contributed by atoms with van der Waals surface area (Å²) in [5.41, 5.74) is 5.21. The Bertz CT molecular complexity index is 1120. The lowest BCUT2D eigenvalue weighted by Crippen LogP contribution is -2.03. The largest absolute Gasteiger partial charge is 0.363 e. The molecule has 0 amide bonds. The standard InChI is InChI=1S/C21H18FN3O2/c1-13-10-14(5-7-17(13)22)20-16(4-3-9-23-20)15-6-8-19-24-11-18(21(26)27-2)25(19)12-15/h3-12,21,26H,1-2H3/t21-/m1/s1. The summed E-state index contributed by atoms with van der Waals surface area (Å²) in [6, 6.07) is 12.6. The van der Waals surface area contributed by atoms with E-state index in [1.165, 1.54) is 13.2 Å². The highest BCUT2D eigenvalue weighted by molar-refractivity contribution is 5.81. The summed E-state index contributed by atoms with van der Waals surface area (Å²) in [6.45, 7) is 1.73. The van der Waals surface area contributed by atoms with Crippen molar-refractivity contribution in [2.75, 3.05) is 7.11 Å². The molecule has 0 bridgehead atoms. The molecule has 0 aliphatic rings. The first-order valence-electron chi connectivity index (χ1n) is 8.48. The van der Waals surface area contributed by atoms with E-state index >= 15 is 0 Å². The molecule has 3 heterocycles. The van der Waals surface area contributed by atoms with Crippen LogP contribution in [0, 0.1) is 12.7 Å². The van der Waals surface area contributed by atoms with Gasteiger partial charge in [-0.05, 0) is 48.9 Å². The predicted octanol–water partition coefficient (Wildman–Crippen LogP) is 4.15. The van der Waals surface area contributed by atoms with E-state index in [1.807, 2.05) is 30.5 Å². The number of ether oxygens (including phenoxy) is 1. The molecular weight excluding hydrogens is 345 g/mol. The van der Waals surface area contributed by atoms with Crippen molar-refractivity contribution in [3.05, 3.63) is 78.1 Å². The van der Waals surface area contributed by atoms with Gasteiger partial charge in [0.25, 0.3) is 0 Å². The van der Waals surface area contributed by atoms with Crippen molar-refractivity contribution < 1.29 is 14.2 Å². The van der Waals surface area contributed by atoms with Crippen molar-refractivity contribution in [3.63, 3.8) is 0 Å². The molecule has 1 atom stereocenters. The zero-order chi connectivity index (χ0) is 19.0. The first-order valence-corrected chi connectivity index (χ1v) is 8.48. The molecule has 5 nitrogen and oxygen atoms in total. The molecule has 136 valence electrons. The number of aliphatic hydroxyl groups excluding tert-OH is 1. The van der Waals surface area contributed by atoms with Gasteiger partial charge in [-0.3, -0.25) is 9.38 Å². The minimum atomic E-state index is -1.07. The zero-order valence-corrected chi connectivity index (χ0v) is 14.9. The molecule has 3 aromatic heterocycles. The van der Waals surface area contributed by atoms with E-state index in [2.05, 4.69) is 9.97 Å². The molecule has 4 rings (SSSR count). The number of hydrogen-bond donors (Lipinski definition) is 1. The number of fused-ring (bicyclic) bond motifs is 1. The fourth-order valence-corrected chi connectivity index (χ4v) is 3.12. The van der Waals surface area contributed by atoms with E-state index in [-0.39, 0.29) is 5.82 Å². The van der Waals surface area contributed by atoms with Crippen LogP contribution in [0.1, 0.15) is 17.5 Å². The number of halogens is 1. The molecular formula is C21H18FN3O2. The quantitative estimate of drug-likeness (QED) is 0.554. The van der Waals surface area contributed by atoms with E-state index in [0.717, 1.165) is 22.4 Å². The SMILES string of the molecule is CO[C@@H](O)c1cnc2ccc(-c3cccnc3-c3ccc(F)c(C)c3)cn12. The van der Waals surface area contributed by atoms with Gasteiger partial charge in [-0.1, -0.05) is 6.07 Å². The van der Waals surface area contributed by atoms with Gasteiger partial charge in [-0.25, -0.2) is 9.37 Å². The van der Waals surface area contributed by atoms with E-state index in [1.54, 1.807) is 35.9 Å². The summed E-state index contributed by atoms with van der Waals surface area (Å²) in [4.78, 5) is 8.81. The van der Waals surface area contributed by atoms with E-state index < -0.39 is 6.29 Å². The maximum atomic E-state index is 13.7. The highest BCUT2D eigenvalue weighted by Gasteiger charge is 2.15. The zero-order valence-electron chi connectivity index (χ0n) is 14.9. The third kappa shape index (κ3) is 3.09. The number of benzene rings is 1. The Morgan fingerprint density at radius 1 is 1.11 bits per heavy atom. The molecule has 0 fully saturated rings. The van der Waals surface area contributed by atoms with Gasteiger partial charge >= 0.3 is 0 Å². The second kappa shape index (κ2) is 6.90. The predicted molar refractivity (Wildman–Crippen MR) is 101 cm³/mol. The van der Waals surface area contributed by atoms with Gasteiger partial charge in [0.2, 0.25) is 0 Å². The van der Waals surface area contributed by atoms with E-state index in [0.29, 0.717) is 16.9 Å². The number of aryl methyl sites for hydroxylation is 1. The fraction of sp³-hybridized carbons (Fsp3) is 0.143. The molecule has 0 aliphatic carbocycles. The molecule has 0 aliphatic heterocycles. The van der Waals surface area contributed by atoms with Crippen molar-refractivity contribution in [3.8, 4) is 22.4 Å². The van der Waals surface area contributed by atoms with E-state index in [9.17, 15) is 9.50 Å². The Balaban J connectivity index is 1.88. The smallest absolute Gasteiger partial charge is 0.198 e. The second-order valence-corrected chi connectivity index (χ2v) is 6.28. The van der Waals surface area contributed by atoms with Crippen molar-refractivity contribution in [1.82, 2.24) is 14.4 Å². The molecule has 0 saturated heterocycles. The Hall–Kier alpha value is -3.09.